The quantitative estimate of drug-likeness (QED) is 0.477. The van der Waals surface area contributed by atoms with Gasteiger partial charge in [-0.2, -0.15) is 30.7 Å². The van der Waals surface area contributed by atoms with Crippen LogP contribution in [0.5, 0.6) is 0 Å². The number of rotatable bonds is 2. The van der Waals surface area contributed by atoms with Crippen LogP contribution in [-0.4, -0.2) is 47.1 Å². The molecule has 1 rings (SSSR count). The Morgan fingerprint density at radius 1 is 1.27 bits per heavy atom. The lowest BCUT2D eigenvalue weighted by Crippen LogP contribution is -2.76. The zero-order valence-corrected chi connectivity index (χ0v) is 11.2. The minimum Gasteiger partial charge on any atom is -0.446 e. The fourth-order valence-electron chi connectivity index (χ4n) is 1.66. The summed E-state index contributed by atoms with van der Waals surface area (Å²) in [5, 5.41) is 9.12. The highest BCUT2D eigenvalue weighted by Gasteiger charge is 2.83. The number of hydrogen-bond acceptors (Lipinski definition) is 4. The van der Waals surface area contributed by atoms with Crippen molar-refractivity contribution in [3.63, 3.8) is 0 Å². The second-order valence-electron chi connectivity index (χ2n) is 4.77. The van der Waals surface area contributed by atoms with Gasteiger partial charge in [0.2, 0.25) is 6.10 Å². The molecule has 3 unspecified atom stereocenters. The van der Waals surface area contributed by atoms with Crippen LogP contribution in [0, 0.1) is 0 Å². The van der Waals surface area contributed by atoms with E-state index in [0.29, 0.717) is 6.92 Å². The largest absolute Gasteiger partial charge is 0.449 e. The Labute approximate surface area is 119 Å². The monoisotopic (exact) mass is 340 g/mol. The number of hydrogen-bond donors (Lipinski definition) is 1. The Morgan fingerprint density at radius 2 is 1.73 bits per heavy atom. The van der Waals surface area contributed by atoms with Crippen LogP contribution in [0.2, 0.25) is 0 Å². The highest BCUT2D eigenvalue weighted by Crippen LogP contribution is 2.54. The predicted octanol–water partition coefficient (Wildman–Crippen LogP) is 2.41. The molecule has 4 nitrogen and oxygen atoms in total. The van der Waals surface area contributed by atoms with E-state index in [1.165, 1.54) is 0 Å². The first-order chi connectivity index (χ1) is 9.59. The maximum atomic E-state index is 13.8. The molecular formula is C11H11F7O4. The second-order valence-corrected chi connectivity index (χ2v) is 4.77. The van der Waals surface area contributed by atoms with Crippen molar-refractivity contribution in [2.45, 2.75) is 49.9 Å². The average molecular weight is 340 g/mol. The van der Waals surface area contributed by atoms with Gasteiger partial charge in [-0.15, -0.1) is 0 Å². The molecule has 1 saturated heterocycles. The van der Waals surface area contributed by atoms with Crippen LogP contribution in [-0.2, 0) is 14.3 Å². The van der Waals surface area contributed by atoms with Crippen LogP contribution in [0.4, 0.5) is 30.7 Å². The first-order valence-corrected chi connectivity index (χ1v) is 5.68. The van der Waals surface area contributed by atoms with Crippen LogP contribution in [0.1, 0.15) is 13.8 Å². The smallest absolute Gasteiger partial charge is 0.446 e. The molecular weight excluding hydrogens is 329 g/mol. The molecule has 0 aromatic carbocycles. The van der Waals surface area contributed by atoms with E-state index in [0.717, 1.165) is 6.92 Å². The van der Waals surface area contributed by atoms with Gasteiger partial charge in [-0.05, 0) is 13.8 Å². The third-order valence-electron chi connectivity index (χ3n) is 2.98. The molecule has 11 heteroatoms. The molecule has 0 radical (unpaired) electrons. The van der Waals surface area contributed by atoms with E-state index in [-0.39, 0.29) is 0 Å². The molecule has 0 amide bonds. The molecule has 0 aliphatic carbocycles. The van der Waals surface area contributed by atoms with E-state index in [2.05, 4.69) is 16.1 Å². The van der Waals surface area contributed by atoms with Gasteiger partial charge in [0.05, 0.1) is 0 Å². The molecule has 22 heavy (non-hydrogen) atoms. The van der Waals surface area contributed by atoms with Crippen LogP contribution < -0.4 is 0 Å². The molecule has 1 fully saturated rings. The average Bonchev–Trinajstić information content (AvgIpc) is 2.31. The summed E-state index contributed by atoms with van der Waals surface area (Å²) in [6.07, 6.45) is -12.8. The van der Waals surface area contributed by atoms with Crippen molar-refractivity contribution in [1.29, 1.82) is 0 Å². The molecule has 0 saturated carbocycles. The summed E-state index contributed by atoms with van der Waals surface area (Å²) >= 11 is 0. The topological polar surface area (TPSA) is 55.8 Å². The van der Waals surface area contributed by atoms with Crippen molar-refractivity contribution in [2.24, 2.45) is 0 Å². The molecule has 0 aromatic rings. The minimum absolute atomic E-state index is 0.327. The lowest BCUT2D eigenvalue weighted by Gasteiger charge is -2.49. The number of esters is 1. The van der Waals surface area contributed by atoms with E-state index in [1.54, 1.807) is 0 Å². The molecule has 3 atom stereocenters. The highest BCUT2D eigenvalue weighted by atomic mass is 19.4. The number of ether oxygens (including phenoxy) is 2. The van der Waals surface area contributed by atoms with Crippen LogP contribution in [0.3, 0.4) is 0 Å². The Bertz CT molecular complexity index is 487. The lowest BCUT2D eigenvalue weighted by atomic mass is 9.90. The zero-order valence-electron chi connectivity index (χ0n) is 11.2. The molecule has 1 aliphatic rings. The van der Waals surface area contributed by atoms with Crippen molar-refractivity contribution >= 4 is 5.97 Å². The van der Waals surface area contributed by atoms with Gasteiger partial charge in [-0.3, -0.25) is 0 Å². The van der Waals surface area contributed by atoms with Crippen molar-refractivity contribution < 1.29 is 50.1 Å². The van der Waals surface area contributed by atoms with Gasteiger partial charge in [0.15, 0.2) is 0 Å². The van der Waals surface area contributed by atoms with Gasteiger partial charge in [-0.25, -0.2) is 4.79 Å². The maximum Gasteiger partial charge on any atom is 0.449 e. The van der Waals surface area contributed by atoms with Crippen molar-refractivity contribution in [3.8, 4) is 0 Å². The summed E-state index contributed by atoms with van der Waals surface area (Å²) in [6, 6.07) is 0. The molecule has 128 valence electrons. The van der Waals surface area contributed by atoms with Gasteiger partial charge in [-0.1, -0.05) is 6.58 Å². The summed E-state index contributed by atoms with van der Waals surface area (Å²) in [4.78, 5) is 11.2. The summed E-state index contributed by atoms with van der Waals surface area (Å²) in [5.74, 6) is -17.3. The van der Waals surface area contributed by atoms with E-state index in [1.807, 2.05) is 0 Å². The number of carbonyl (C=O) groups is 1. The van der Waals surface area contributed by atoms with Gasteiger partial charge < -0.3 is 14.6 Å². The number of aliphatic hydroxyl groups is 1. The van der Waals surface area contributed by atoms with Crippen LogP contribution >= 0.6 is 0 Å². The zero-order chi connectivity index (χ0) is 17.7. The SMILES string of the molecule is C=C(C)C(=O)OC1C(F)(F)C(C)OC(O)(C(F)(F)F)C1(F)F. The molecule has 0 bridgehead atoms. The molecule has 0 spiro atoms. The van der Waals surface area contributed by atoms with Crippen molar-refractivity contribution in [3.05, 3.63) is 12.2 Å². The Morgan fingerprint density at radius 3 is 2.09 bits per heavy atom. The van der Waals surface area contributed by atoms with Gasteiger partial charge in [0.25, 0.3) is 0 Å². The van der Waals surface area contributed by atoms with E-state index in [9.17, 15) is 35.5 Å². The number of carbonyl (C=O) groups excluding carboxylic acids is 1. The van der Waals surface area contributed by atoms with Gasteiger partial charge in [0.1, 0.15) is 6.10 Å². The standard InChI is InChI=1S/C11H11F7O4/c1-4(2)6(19)21-7-8(12,13)5(3)22-10(20,9(7,14)15)11(16,17)18/h5,7,20H,1H2,2-3H3. The minimum atomic E-state index is -6.12. The lowest BCUT2D eigenvalue weighted by molar-refractivity contribution is -0.493. The van der Waals surface area contributed by atoms with E-state index < -0.39 is 47.6 Å². The summed E-state index contributed by atoms with van der Waals surface area (Å²) < 4.78 is 100. The molecule has 1 heterocycles. The maximum absolute atomic E-state index is 13.8. The fraction of sp³-hybridized carbons (Fsp3) is 0.727. The van der Waals surface area contributed by atoms with Crippen LogP contribution in [0.15, 0.2) is 12.2 Å². The molecule has 0 aromatic heterocycles. The highest BCUT2D eigenvalue weighted by molar-refractivity contribution is 5.87. The van der Waals surface area contributed by atoms with Gasteiger partial charge in [0, 0.05) is 5.57 Å². The predicted molar refractivity (Wildman–Crippen MR) is 56.1 cm³/mol. The molecule has 1 aliphatic heterocycles. The second kappa shape index (κ2) is 5.08. The Kier molecular flexibility index (Phi) is 4.32. The van der Waals surface area contributed by atoms with Crippen molar-refractivity contribution in [2.75, 3.05) is 0 Å². The Hall–Kier alpha value is -1.36. The molecule has 1 N–H and O–H groups in total. The Balaban J connectivity index is 3.41. The summed E-state index contributed by atoms with van der Waals surface area (Å²) in [7, 11) is 0. The first kappa shape index (κ1) is 18.7. The summed E-state index contributed by atoms with van der Waals surface area (Å²) in [6.45, 7) is 4.18. The van der Waals surface area contributed by atoms with Crippen molar-refractivity contribution in [1.82, 2.24) is 0 Å². The third kappa shape index (κ3) is 2.56. The first-order valence-electron chi connectivity index (χ1n) is 5.68. The van der Waals surface area contributed by atoms with Crippen LogP contribution in [0.25, 0.3) is 0 Å². The number of alkyl halides is 7. The van der Waals surface area contributed by atoms with Gasteiger partial charge >= 0.3 is 29.8 Å². The van der Waals surface area contributed by atoms with E-state index in [4.69, 9.17) is 5.11 Å². The fourth-order valence-corrected chi connectivity index (χ4v) is 1.66. The normalized spacial score (nSPS) is 34.1. The third-order valence-corrected chi connectivity index (χ3v) is 2.98. The van der Waals surface area contributed by atoms with E-state index >= 15 is 0 Å². The summed E-state index contributed by atoms with van der Waals surface area (Å²) in [5.41, 5.74) is -0.596. The number of halogens is 7.